The Morgan fingerprint density at radius 3 is 2.46 bits per heavy atom. The summed E-state index contributed by atoms with van der Waals surface area (Å²) in [5, 5.41) is 2.53. The maximum Gasteiger partial charge on any atom is 0.225 e. The normalized spacial score (nSPS) is 11.4. The summed E-state index contributed by atoms with van der Waals surface area (Å²) in [6, 6.07) is 10.7. The molecule has 0 fully saturated rings. The molecule has 1 aromatic heterocycles. The lowest BCUT2D eigenvalue weighted by molar-refractivity contribution is -0.115. The van der Waals surface area contributed by atoms with Gasteiger partial charge in [-0.1, -0.05) is 17.7 Å². The van der Waals surface area contributed by atoms with E-state index >= 15 is 0 Å². The summed E-state index contributed by atoms with van der Waals surface area (Å²) < 4.78 is 40.6. The Morgan fingerprint density at radius 2 is 1.86 bits per heavy atom. The van der Waals surface area contributed by atoms with Crippen LogP contribution in [0.25, 0.3) is 5.69 Å². The van der Waals surface area contributed by atoms with Gasteiger partial charge in [-0.3, -0.25) is 4.79 Å². The highest BCUT2D eigenvalue weighted by Gasteiger charge is 2.17. The monoisotopic (exact) mass is 401 g/mol. The van der Waals surface area contributed by atoms with E-state index in [4.69, 9.17) is 0 Å². The number of nitrogens with zero attached hydrogens (tertiary/aromatic N) is 2. The summed E-state index contributed by atoms with van der Waals surface area (Å²) >= 11 is 0. The molecule has 28 heavy (non-hydrogen) atoms. The molecule has 146 valence electrons. The van der Waals surface area contributed by atoms with Gasteiger partial charge < -0.3 is 9.88 Å². The summed E-state index contributed by atoms with van der Waals surface area (Å²) in [5.41, 5.74) is 1.53. The fourth-order valence-electron chi connectivity index (χ4n) is 2.73. The second-order valence-electron chi connectivity index (χ2n) is 6.44. The molecule has 1 N–H and O–H groups in total. The second-order valence-corrected chi connectivity index (χ2v) is 8.55. The minimum absolute atomic E-state index is 0.178. The van der Waals surface area contributed by atoms with E-state index in [9.17, 15) is 17.6 Å². The van der Waals surface area contributed by atoms with Crippen LogP contribution in [0, 0.1) is 19.7 Å². The zero-order chi connectivity index (χ0) is 20.3. The van der Waals surface area contributed by atoms with Crippen molar-refractivity contribution in [3.05, 3.63) is 72.1 Å². The van der Waals surface area contributed by atoms with Crippen LogP contribution in [0.2, 0.25) is 0 Å². The van der Waals surface area contributed by atoms with E-state index in [-0.39, 0.29) is 22.8 Å². The highest BCUT2D eigenvalue weighted by atomic mass is 32.2. The molecule has 6 nitrogen and oxygen atoms in total. The van der Waals surface area contributed by atoms with E-state index in [0.29, 0.717) is 11.5 Å². The highest BCUT2D eigenvalue weighted by Crippen LogP contribution is 2.20. The molecule has 0 atom stereocenters. The molecular weight excluding hydrogens is 381 g/mol. The largest absolute Gasteiger partial charge is 0.326 e. The van der Waals surface area contributed by atoms with Crippen molar-refractivity contribution in [3.8, 4) is 5.69 Å². The number of halogens is 1. The van der Waals surface area contributed by atoms with Gasteiger partial charge in [-0.25, -0.2) is 17.8 Å². The number of hydrogen-bond acceptors (Lipinski definition) is 4. The van der Waals surface area contributed by atoms with E-state index < -0.39 is 21.6 Å². The first-order chi connectivity index (χ1) is 13.3. The van der Waals surface area contributed by atoms with Crippen molar-refractivity contribution in [1.29, 1.82) is 0 Å². The molecule has 8 heteroatoms. The first-order valence-electron chi connectivity index (χ1n) is 8.65. The second kappa shape index (κ2) is 7.93. The number of nitrogens with one attached hydrogen (secondary N) is 1. The minimum Gasteiger partial charge on any atom is -0.326 e. The fourth-order valence-corrected chi connectivity index (χ4v) is 3.97. The molecule has 0 bridgehead atoms. The molecule has 0 saturated heterocycles. The standard InChI is InChI=1S/C20H20FN3O3S/c1-14-3-6-17(7-4-14)28(26,27)12-9-20(25)23-16-5-8-19(18(21)13-16)24-11-10-22-15(24)2/h3-8,10-11,13H,9,12H2,1-2H3,(H,23,25). The van der Waals surface area contributed by atoms with Gasteiger partial charge in [-0.2, -0.15) is 0 Å². The summed E-state index contributed by atoms with van der Waals surface area (Å²) in [5.74, 6) is -0.707. The average molecular weight is 401 g/mol. The fraction of sp³-hybridized carbons (Fsp3) is 0.200. The third-order valence-electron chi connectivity index (χ3n) is 4.29. The number of carbonyl (C=O) groups is 1. The lowest BCUT2D eigenvalue weighted by Crippen LogP contribution is -2.17. The molecule has 0 unspecified atom stereocenters. The molecule has 2 aromatic carbocycles. The van der Waals surface area contributed by atoms with Gasteiger partial charge in [0.05, 0.1) is 16.3 Å². The summed E-state index contributed by atoms with van der Waals surface area (Å²) in [6.45, 7) is 3.62. The van der Waals surface area contributed by atoms with Crippen LogP contribution in [0.3, 0.4) is 0 Å². The quantitative estimate of drug-likeness (QED) is 0.686. The van der Waals surface area contributed by atoms with Crippen molar-refractivity contribution in [2.24, 2.45) is 0 Å². The molecule has 1 amide bonds. The molecule has 3 rings (SSSR count). The van der Waals surface area contributed by atoms with Crippen LogP contribution in [0.5, 0.6) is 0 Å². The number of imidazole rings is 1. The molecule has 0 aliphatic heterocycles. The van der Waals surface area contributed by atoms with Crippen molar-refractivity contribution >= 4 is 21.4 Å². The Labute approximate surface area is 163 Å². The van der Waals surface area contributed by atoms with Crippen LogP contribution in [-0.4, -0.2) is 29.6 Å². The smallest absolute Gasteiger partial charge is 0.225 e. The number of anilines is 1. The topological polar surface area (TPSA) is 81.1 Å². The highest BCUT2D eigenvalue weighted by molar-refractivity contribution is 7.91. The molecular formula is C20H20FN3O3S. The molecule has 0 aliphatic carbocycles. The van der Waals surface area contributed by atoms with Gasteiger partial charge in [-0.15, -0.1) is 0 Å². The maximum atomic E-state index is 14.4. The van der Waals surface area contributed by atoms with Gasteiger partial charge in [0.25, 0.3) is 0 Å². The van der Waals surface area contributed by atoms with Gasteiger partial charge in [0.1, 0.15) is 11.6 Å². The van der Waals surface area contributed by atoms with Crippen LogP contribution in [0.15, 0.2) is 59.8 Å². The number of benzene rings is 2. The van der Waals surface area contributed by atoms with Crippen molar-refractivity contribution < 1.29 is 17.6 Å². The minimum atomic E-state index is -3.56. The van der Waals surface area contributed by atoms with E-state index in [2.05, 4.69) is 10.3 Å². The number of hydrogen-bond donors (Lipinski definition) is 1. The zero-order valence-corrected chi connectivity index (χ0v) is 16.3. The summed E-state index contributed by atoms with van der Waals surface area (Å²) in [6.07, 6.45) is 2.99. The van der Waals surface area contributed by atoms with Crippen molar-refractivity contribution in [1.82, 2.24) is 9.55 Å². The number of carbonyl (C=O) groups excluding carboxylic acids is 1. The Balaban J connectivity index is 1.64. The summed E-state index contributed by atoms with van der Waals surface area (Å²) in [7, 11) is -3.56. The van der Waals surface area contributed by atoms with Gasteiger partial charge in [0.15, 0.2) is 9.84 Å². The number of rotatable bonds is 6. The first kappa shape index (κ1) is 19.8. The first-order valence-corrected chi connectivity index (χ1v) is 10.3. The molecule has 0 saturated carbocycles. The van der Waals surface area contributed by atoms with Gasteiger partial charge >= 0.3 is 0 Å². The predicted octanol–water partition coefficient (Wildman–Crippen LogP) is 3.43. The van der Waals surface area contributed by atoms with Gasteiger partial charge in [-0.05, 0) is 44.2 Å². The molecule has 0 aliphatic rings. The van der Waals surface area contributed by atoms with E-state index in [1.807, 2.05) is 6.92 Å². The molecule has 0 radical (unpaired) electrons. The predicted molar refractivity (Wildman–Crippen MR) is 105 cm³/mol. The van der Waals surface area contributed by atoms with E-state index in [0.717, 1.165) is 5.56 Å². The van der Waals surface area contributed by atoms with Crippen molar-refractivity contribution in [2.45, 2.75) is 25.2 Å². The van der Waals surface area contributed by atoms with Crippen LogP contribution in [0.1, 0.15) is 17.8 Å². The van der Waals surface area contributed by atoms with Crippen LogP contribution in [0.4, 0.5) is 10.1 Å². The molecule has 3 aromatic rings. The Morgan fingerprint density at radius 1 is 1.14 bits per heavy atom. The van der Waals surface area contributed by atoms with Crippen LogP contribution >= 0.6 is 0 Å². The SMILES string of the molecule is Cc1ccc(S(=O)(=O)CCC(=O)Nc2ccc(-n3ccnc3C)c(F)c2)cc1. The van der Waals surface area contributed by atoms with Gasteiger partial charge in [0.2, 0.25) is 5.91 Å². The molecule has 1 heterocycles. The van der Waals surface area contributed by atoms with Crippen LogP contribution < -0.4 is 5.32 Å². The number of sulfone groups is 1. The Bertz CT molecular complexity index is 1110. The maximum absolute atomic E-state index is 14.4. The van der Waals surface area contributed by atoms with Crippen molar-refractivity contribution in [2.75, 3.05) is 11.1 Å². The van der Waals surface area contributed by atoms with E-state index in [1.165, 1.54) is 24.3 Å². The number of amides is 1. The Hall–Kier alpha value is -3.00. The molecule has 0 spiro atoms. The lowest BCUT2D eigenvalue weighted by atomic mass is 10.2. The third-order valence-corrected chi connectivity index (χ3v) is 6.03. The number of aromatic nitrogens is 2. The summed E-state index contributed by atoms with van der Waals surface area (Å²) in [4.78, 5) is 16.3. The third kappa shape index (κ3) is 4.45. The lowest BCUT2D eigenvalue weighted by Gasteiger charge is -2.10. The van der Waals surface area contributed by atoms with E-state index in [1.54, 1.807) is 42.1 Å². The Kier molecular flexibility index (Phi) is 5.60. The van der Waals surface area contributed by atoms with Crippen LogP contribution in [-0.2, 0) is 14.6 Å². The zero-order valence-electron chi connectivity index (χ0n) is 15.5. The van der Waals surface area contributed by atoms with Gasteiger partial charge in [0, 0.05) is 24.5 Å². The van der Waals surface area contributed by atoms with Crippen molar-refractivity contribution in [3.63, 3.8) is 0 Å². The average Bonchev–Trinajstić information content (AvgIpc) is 3.06. The number of aryl methyl sites for hydroxylation is 2.